The number of carbonyl (C=O) groups excluding carboxylic acids is 3. The average molecular weight is 453 g/mol. The van der Waals surface area contributed by atoms with Crippen LogP contribution in [-0.4, -0.2) is 54.3 Å². The molecule has 2 aliphatic heterocycles. The van der Waals surface area contributed by atoms with E-state index in [4.69, 9.17) is 14.2 Å². The van der Waals surface area contributed by atoms with E-state index in [0.717, 1.165) is 29.7 Å². The van der Waals surface area contributed by atoms with Crippen LogP contribution in [0.5, 0.6) is 5.75 Å². The topological polar surface area (TPSA) is 85.4 Å². The van der Waals surface area contributed by atoms with Crippen molar-refractivity contribution in [3.8, 4) is 5.75 Å². The highest BCUT2D eigenvalue weighted by Gasteiger charge is 2.55. The van der Waals surface area contributed by atoms with Crippen LogP contribution in [0.4, 0.5) is 4.79 Å². The van der Waals surface area contributed by atoms with E-state index >= 15 is 0 Å². The lowest BCUT2D eigenvalue weighted by Crippen LogP contribution is -2.44. The van der Waals surface area contributed by atoms with Crippen LogP contribution in [0.15, 0.2) is 54.6 Å². The Morgan fingerprint density at radius 2 is 1.82 bits per heavy atom. The second kappa shape index (κ2) is 9.62. The summed E-state index contributed by atoms with van der Waals surface area (Å²) in [4.78, 5) is 41.1. The number of esters is 1. The zero-order valence-corrected chi connectivity index (χ0v) is 18.9. The second-order valence-corrected chi connectivity index (χ2v) is 8.33. The molecule has 0 spiro atoms. The Bertz CT molecular complexity index is 1000. The molecule has 0 bridgehead atoms. The van der Waals surface area contributed by atoms with Crippen molar-refractivity contribution in [3.63, 3.8) is 0 Å². The number of rotatable bonds is 7. The summed E-state index contributed by atoms with van der Waals surface area (Å²) in [6.45, 7) is 2.17. The van der Waals surface area contributed by atoms with Gasteiger partial charge < -0.3 is 19.1 Å². The number of imide groups is 1. The highest BCUT2D eigenvalue weighted by Crippen LogP contribution is 2.39. The highest BCUT2D eigenvalue weighted by molar-refractivity contribution is 6.08. The quantitative estimate of drug-likeness (QED) is 0.473. The van der Waals surface area contributed by atoms with E-state index in [-0.39, 0.29) is 12.8 Å². The van der Waals surface area contributed by atoms with Crippen molar-refractivity contribution in [2.24, 2.45) is 0 Å². The van der Waals surface area contributed by atoms with E-state index in [0.29, 0.717) is 17.9 Å². The largest absolute Gasteiger partial charge is 0.468 e. The Balaban J connectivity index is 1.63. The van der Waals surface area contributed by atoms with Crippen molar-refractivity contribution in [2.45, 2.75) is 44.6 Å². The number of methoxy groups -OCH3 is 1. The molecule has 174 valence electrons. The van der Waals surface area contributed by atoms with Gasteiger partial charge in [0.05, 0.1) is 13.7 Å². The number of hydrogen-bond donors (Lipinski definition) is 0. The summed E-state index contributed by atoms with van der Waals surface area (Å²) in [6, 6.07) is 16.0. The van der Waals surface area contributed by atoms with Crippen LogP contribution in [0.1, 0.15) is 37.3 Å². The highest BCUT2D eigenvalue weighted by atomic mass is 16.7. The Kier molecular flexibility index (Phi) is 6.65. The minimum Gasteiger partial charge on any atom is -0.468 e. The molecule has 2 atom stereocenters. The number of hydrogen-bond acceptors (Lipinski definition) is 6. The van der Waals surface area contributed by atoms with Gasteiger partial charge in [-0.25, -0.2) is 4.79 Å². The molecular formula is C25H28N2O6. The molecule has 0 N–H and O–H groups in total. The third kappa shape index (κ3) is 4.57. The smallest absolute Gasteiger partial charge is 0.328 e. The summed E-state index contributed by atoms with van der Waals surface area (Å²) in [5, 5.41) is 0. The number of nitrogens with zero attached hydrogens (tertiary/aromatic N) is 2. The summed E-state index contributed by atoms with van der Waals surface area (Å²) < 4.78 is 16.2. The predicted molar refractivity (Wildman–Crippen MR) is 119 cm³/mol. The fraction of sp³-hybridized carbons (Fsp3) is 0.400. The van der Waals surface area contributed by atoms with Crippen LogP contribution in [0, 0.1) is 0 Å². The van der Waals surface area contributed by atoms with E-state index in [9.17, 15) is 14.4 Å². The van der Waals surface area contributed by atoms with E-state index in [1.54, 1.807) is 31.2 Å². The van der Waals surface area contributed by atoms with Gasteiger partial charge in [-0.1, -0.05) is 42.5 Å². The molecule has 8 heteroatoms. The first-order chi connectivity index (χ1) is 15.9. The first-order valence-electron chi connectivity index (χ1n) is 11.1. The minimum atomic E-state index is -1.29. The molecule has 0 aromatic heterocycles. The zero-order chi connectivity index (χ0) is 23.4. The molecular weight excluding hydrogens is 424 g/mol. The Morgan fingerprint density at radius 1 is 1.09 bits per heavy atom. The van der Waals surface area contributed by atoms with Gasteiger partial charge in [0.25, 0.3) is 5.91 Å². The van der Waals surface area contributed by atoms with Crippen molar-refractivity contribution in [3.05, 3.63) is 65.7 Å². The molecule has 2 aromatic rings. The number of amides is 3. The van der Waals surface area contributed by atoms with Gasteiger partial charge in [-0.2, -0.15) is 0 Å². The molecule has 2 aliphatic rings. The van der Waals surface area contributed by atoms with Crippen LogP contribution in [0.25, 0.3) is 0 Å². The zero-order valence-electron chi connectivity index (χ0n) is 18.9. The Morgan fingerprint density at radius 3 is 2.45 bits per heavy atom. The first-order valence-corrected chi connectivity index (χ1v) is 11.1. The number of carbonyl (C=O) groups is 3. The summed E-state index contributed by atoms with van der Waals surface area (Å²) in [5.41, 5.74) is 0.209. The first kappa shape index (κ1) is 22.8. The van der Waals surface area contributed by atoms with Crippen LogP contribution in [0.3, 0.4) is 0 Å². The molecule has 8 nitrogen and oxygen atoms in total. The van der Waals surface area contributed by atoms with Gasteiger partial charge in [0.1, 0.15) is 17.8 Å². The summed E-state index contributed by atoms with van der Waals surface area (Å²) >= 11 is 0. The van der Waals surface area contributed by atoms with Gasteiger partial charge in [0.15, 0.2) is 6.29 Å². The van der Waals surface area contributed by atoms with E-state index < -0.39 is 30.0 Å². The average Bonchev–Trinajstić information content (AvgIpc) is 3.02. The third-order valence-electron chi connectivity index (χ3n) is 6.18. The molecule has 2 aromatic carbocycles. The number of benzene rings is 2. The van der Waals surface area contributed by atoms with E-state index in [1.165, 1.54) is 12.0 Å². The molecule has 0 radical (unpaired) electrons. The SMILES string of the molecule is COC(=O)CN1C(=O)N(Cc2ccccc2)[C@](C)(c2ccc(O[C@H]3CCCCO3)cc2)C1=O. The lowest BCUT2D eigenvalue weighted by molar-refractivity contribution is -0.145. The molecule has 0 unspecified atom stereocenters. The maximum Gasteiger partial charge on any atom is 0.328 e. The molecule has 0 aliphatic carbocycles. The molecule has 33 heavy (non-hydrogen) atoms. The van der Waals surface area contributed by atoms with Crippen molar-refractivity contribution < 1.29 is 28.6 Å². The lowest BCUT2D eigenvalue weighted by atomic mass is 9.90. The molecule has 0 saturated carbocycles. The third-order valence-corrected chi connectivity index (χ3v) is 6.18. The maximum atomic E-state index is 13.5. The van der Waals surface area contributed by atoms with Crippen LogP contribution >= 0.6 is 0 Å². The minimum absolute atomic E-state index is 0.216. The fourth-order valence-electron chi connectivity index (χ4n) is 4.22. The van der Waals surface area contributed by atoms with Gasteiger partial charge in [-0.3, -0.25) is 14.5 Å². The Labute approximate surface area is 193 Å². The second-order valence-electron chi connectivity index (χ2n) is 8.33. The lowest BCUT2D eigenvalue weighted by Gasteiger charge is -2.32. The monoisotopic (exact) mass is 452 g/mol. The normalized spacial score (nSPS) is 23.0. The standard InChI is InChI=1S/C25H28N2O6/c1-25(19-11-13-20(14-12-19)33-22-10-6-7-15-32-22)23(29)26(17-21(28)31-2)24(30)27(25)16-18-8-4-3-5-9-18/h3-5,8-9,11-14,22H,6-7,10,15-17H2,1-2H3/t22-,25+/m0/s1. The van der Waals surface area contributed by atoms with Crippen molar-refractivity contribution in [1.29, 1.82) is 0 Å². The molecule has 4 rings (SSSR count). The van der Waals surface area contributed by atoms with Crippen molar-refractivity contribution in [1.82, 2.24) is 9.80 Å². The van der Waals surface area contributed by atoms with Crippen molar-refractivity contribution >= 4 is 17.9 Å². The van der Waals surface area contributed by atoms with E-state index in [1.807, 2.05) is 30.3 Å². The van der Waals surface area contributed by atoms with Gasteiger partial charge >= 0.3 is 12.0 Å². The van der Waals surface area contributed by atoms with Crippen LogP contribution < -0.4 is 4.74 Å². The number of urea groups is 1. The number of ether oxygens (including phenoxy) is 3. The van der Waals surface area contributed by atoms with Gasteiger partial charge in [-0.05, 0) is 43.0 Å². The molecule has 3 amide bonds. The molecule has 2 fully saturated rings. The van der Waals surface area contributed by atoms with Crippen LogP contribution in [-0.2, 0) is 31.1 Å². The fourth-order valence-corrected chi connectivity index (χ4v) is 4.22. The van der Waals surface area contributed by atoms with E-state index in [2.05, 4.69) is 0 Å². The summed E-state index contributed by atoms with van der Waals surface area (Å²) in [7, 11) is 1.23. The van der Waals surface area contributed by atoms with Gasteiger partial charge in [0.2, 0.25) is 0 Å². The van der Waals surface area contributed by atoms with Crippen LogP contribution in [0.2, 0.25) is 0 Å². The molecule has 2 saturated heterocycles. The van der Waals surface area contributed by atoms with Gasteiger partial charge in [-0.15, -0.1) is 0 Å². The maximum absolute atomic E-state index is 13.5. The summed E-state index contributed by atoms with van der Waals surface area (Å²) in [5.74, 6) is -0.498. The van der Waals surface area contributed by atoms with Crippen molar-refractivity contribution in [2.75, 3.05) is 20.3 Å². The van der Waals surface area contributed by atoms with Gasteiger partial charge in [0, 0.05) is 13.0 Å². The summed E-state index contributed by atoms with van der Waals surface area (Å²) in [6.07, 6.45) is 2.65. The molecule has 2 heterocycles. The Hall–Kier alpha value is -3.39. The predicted octanol–water partition coefficient (Wildman–Crippen LogP) is 3.44.